The highest BCUT2D eigenvalue weighted by atomic mass is 32.1. The van der Waals surface area contributed by atoms with Crippen LogP contribution in [0.3, 0.4) is 0 Å². The molecule has 8 nitrogen and oxygen atoms in total. The Morgan fingerprint density at radius 1 is 1.07 bits per heavy atom. The molecule has 156 valence electrons. The molecule has 3 N–H and O–H groups in total. The van der Waals surface area contributed by atoms with Crippen molar-refractivity contribution in [2.75, 3.05) is 13.7 Å². The fourth-order valence-corrected chi connectivity index (χ4v) is 3.13. The summed E-state index contributed by atoms with van der Waals surface area (Å²) in [5, 5.41) is 4.48. The molecule has 0 saturated carbocycles. The van der Waals surface area contributed by atoms with E-state index in [0.29, 0.717) is 23.0 Å². The number of nitrogens with one attached hydrogen (secondary N) is 3. The van der Waals surface area contributed by atoms with Gasteiger partial charge < -0.3 is 14.8 Å². The predicted molar refractivity (Wildman–Crippen MR) is 110 cm³/mol. The van der Waals surface area contributed by atoms with Crippen molar-refractivity contribution in [3.8, 4) is 11.5 Å². The van der Waals surface area contributed by atoms with Crippen LogP contribution in [0.1, 0.15) is 40.8 Å². The number of carbonyl (C=O) groups is 3. The van der Waals surface area contributed by atoms with Crippen LogP contribution in [0.15, 0.2) is 35.7 Å². The summed E-state index contributed by atoms with van der Waals surface area (Å²) in [4.78, 5) is 37.6. The van der Waals surface area contributed by atoms with E-state index in [2.05, 4.69) is 16.2 Å². The monoisotopic (exact) mass is 419 g/mol. The summed E-state index contributed by atoms with van der Waals surface area (Å²) in [5.41, 5.74) is 5.02. The average Bonchev–Trinajstić information content (AvgIpc) is 3.25. The fourth-order valence-electron chi connectivity index (χ4n) is 2.51. The van der Waals surface area contributed by atoms with E-state index >= 15 is 0 Å². The second kappa shape index (κ2) is 10.5. The lowest BCUT2D eigenvalue weighted by Gasteiger charge is -2.21. The number of amides is 3. The minimum atomic E-state index is -0.806. The predicted octanol–water partition coefficient (Wildman–Crippen LogP) is 2.37. The van der Waals surface area contributed by atoms with Gasteiger partial charge in [0.15, 0.2) is 11.5 Å². The molecule has 1 aromatic carbocycles. The number of hydrogen-bond donors (Lipinski definition) is 3. The van der Waals surface area contributed by atoms with Gasteiger partial charge in [-0.15, -0.1) is 11.3 Å². The summed E-state index contributed by atoms with van der Waals surface area (Å²) < 4.78 is 10.6. The number of methoxy groups -OCH3 is 1. The van der Waals surface area contributed by atoms with Crippen molar-refractivity contribution in [3.05, 3.63) is 46.2 Å². The van der Waals surface area contributed by atoms with Crippen molar-refractivity contribution < 1.29 is 23.9 Å². The average molecular weight is 420 g/mol. The van der Waals surface area contributed by atoms with Gasteiger partial charge in [0.05, 0.1) is 18.6 Å². The molecule has 0 aliphatic heterocycles. The molecule has 0 radical (unpaired) electrons. The first-order valence-corrected chi connectivity index (χ1v) is 10.0. The maximum atomic E-state index is 12.5. The Kier molecular flexibility index (Phi) is 8.02. The molecule has 1 atom stereocenters. The molecular weight excluding hydrogens is 394 g/mol. The molecule has 0 bridgehead atoms. The normalized spacial score (nSPS) is 11.5. The van der Waals surface area contributed by atoms with Crippen LogP contribution in [0.25, 0.3) is 0 Å². The molecule has 0 saturated heterocycles. The van der Waals surface area contributed by atoms with Gasteiger partial charge in [-0.1, -0.05) is 19.9 Å². The van der Waals surface area contributed by atoms with Crippen LogP contribution < -0.4 is 25.6 Å². The SMILES string of the molecule is CCOc1ccc(C(=O)NNC(=O)[C@@H](NC(=O)c2cccs2)C(C)C)cc1OC. The molecule has 0 aliphatic rings. The van der Waals surface area contributed by atoms with Gasteiger partial charge in [-0.25, -0.2) is 0 Å². The molecule has 0 unspecified atom stereocenters. The molecule has 0 aliphatic carbocycles. The van der Waals surface area contributed by atoms with Crippen molar-refractivity contribution >= 4 is 29.1 Å². The van der Waals surface area contributed by atoms with Gasteiger partial charge in [0.1, 0.15) is 6.04 Å². The Hall–Kier alpha value is -3.07. The van der Waals surface area contributed by atoms with E-state index in [1.807, 2.05) is 6.92 Å². The number of thiophene rings is 1. The highest BCUT2D eigenvalue weighted by Crippen LogP contribution is 2.27. The highest BCUT2D eigenvalue weighted by Gasteiger charge is 2.25. The van der Waals surface area contributed by atoms with Crippen LogP contribution in [0.5, 0.6) is 11.5 Å². The number of carbonyl (C=O) groups excluding carboxylic acids is 3. The lowest BCUT2D eigenvalue weighted by Crippen LogP contribution is -2.54. The molecular formula is C20H25N3O5S. The minimum Gasteiger partial charge on any atom is -0.493 e. The van der Waals surface area contributed by atoms with Gasteiger partial charge >= 0.3 is 0 Å². The Bertz CT molecular complexity index is 852. The standard InChI is InChI=1S/C20H25N3O5S/c1-5-28-14-9-8-13(11-15(14)27-4)18(24)22-23-20(26)17(12(2)3)21-19(25)16-7-6-10-29-16/h6-12,17H,5H2,1-4H3,(H,21,25)(H,22,24)(H,23,26)/t17-/m0/s1. The summed E-state index contributed by atoms with van der Waals surface area (Å²) in [6.07, 6.45) is 0. The van der Waals surface area contributed by atoms with E-state index < -0.39 is 17.9 Å². The van der Waals surface area contributed by atoms with Gasteiger partial charge in [-0.2, -0.15) is 0 Å². The minimum absolute atomic E-state index is 0.179. The Labute approximate surface area is 173 Å². The Morgan fingerprint density at radius 3 is 2.41 bits per heavy atom. The van der Waals surface area contributed by atoms with Crippen LogP contribution in [-0.2, 0) is 4.79 Å². The van der Waals surface area contributed by atoms with Crippen LogP contribution in [-0.4, -0.2) is 37.5 Å². The molecule has 0 spiro atoms. The third-order valence-electron chi connectivity index (χ3n) is 4.01. The van der Waals surface area contributed by atoms with E-state index in [0.717, 1.165) is 0 Å². The van der Waals surface area contributed by atoms with Crippen LogP contribution in [0.2, 0.25) is 0 Å². The van der Waals surface area contributed by atoms with Crippen LogP contribution in [0.4, 0.5) is 0 Å². The second-order valence-electron chi connectivity index (χ2n) is 6.41. The highest BCUT2D eigenvalue weighted by molar-refractivity contribution is 7.12. The lowest BCUT2D eigenvalue weighted by atomic mass is 10.0. The van der Waals surface area contributed by atoms with Crippen molar-refractivity contribution in [2.24, 2.45) is 5.92 Å². The maximum Gasteiger partial charge on any atom is 0.269 e. The zero-order valence-electron chi connectivity index (χ0n) is 16.8. The molecule has 29 heavy (non-hydrogen) atoms. The van der Waals surface area contributed by atoms with Crippen molar-refractivity contribution in [1.29, 1.82) is 0 Å². The largest absolute Gasteiger partial charge is 0.493 e. The van der Waals surface area contributed by atoms with E-state index in [9.17, 15) is 14.4 Å². The Balaban J connectivity index is 2.00. The van der Waals surface area contributed by atoms with Gasteiger partial charge in [0.2, 0.25) is 0 Å². The molecule has 3 amide bonds. The third-order valence-corrected chi connectivity index (χ3v) is 4.87. The van der Waals surface area contributed by atoms with E-state index in [1.165, 1.54) is 24.5 Å². The Morgan fingerprint density at radius 2 is 1.83 bits per heavy atom. The van der Waals surface area contributed by atoms with E-state index in [-0.39, 0.29) is 17.4 Å². The van der Waals surface area contributed by atoms with Crippen LogP contribution >= 0.6 is 11.3 Å². The molecule has 1 heterocycles. The topological polar surface area (TPSA) is 106 Å². The van der Waals surface area contributed by atoms with E-state index in [4.69, 9.17) is 9.47 Å². The first-order valence-electron chi connectivity index (χ1n) is 9.12. The summed E-state index contributed by atoms with van der Waals surface area (Å²) in [6.45, 7) is 5.92. The quantitative estimate of drug-likeness (QED) is 0.570. The molecule has 2 aromatic rings. The summed E-state index contributed by atoms with van der Waals surface area (Å²) in [7, 11) is 1.48. The second-order valence-corrected chi connectivity index (χ2v) is 7.36. The summed E-state index contributed by atoms with van der Waals surface area (Å²) >= 11 is 1.28. The molecule has 1 aromatic heterocycles. The third kappa shape index (κ3) is 5.95. The van der Waals surface area contributed by atoms with Gasteiger partial charge in [-0.3, -0.25) is 25.2 Å². The number of rotatable bonds is 8. The van der Waals surface area contributed by atoms with Gasteiger partial charge in [0, 0.05) is 5.56 Å². The van der Waals surface area contributed by atoms with Crippen molar-refractivity contribution in [2.45, 2.75) is 26.8 Å². The summed E-state index contributed by atoms with van der Waals surface area (Å²) in [6, 6.07) is 7.33. The molecule has 2 rings (SSSR count). The number of ether oxygens (including phenoxy) is 2. The first-order chi connectivity index (χ1) is 13.9. The molecule has 9 heteroatoms. The smallest absolute Gasteiger partial charge is 0.269 e. The van der Waals surface area contributed by atoms with E-state index in [1.54, 1.807) is 43.5 Å². The number of benzene rings is 1. The van der Waals surface area contributed by atoms with Crippen molar-refractivity contribution in [1.82, 2.24) is 16.2 Å². The summed E-state index contributed by atoms with van der Waals surface area (Å²) in [5.74, 6) is -0.624. The fraction of sp³-hybridized carbons (Fsp3) is 0.350. The zero-order valence-corrected chi connectivity index (χ0v) is 17.6. The lowest BCUT2D eigenvalue weighted by molar-refractivity contribution is -0.124. The van der Waals surface area contributed by atoms with Gasteiger partial charge in [0.25, 0.3) is 17.7 Å². The first kappa shape index (κ1) is 22.2. The van der Waals surface area contributed by atoms with Gasteiger partial charge in [-0.05, 0) is 42.5 Å². The number of hydrazine groups is 1. The zero-order chi connectivity index (χ0) is 21.4. The maximum absolute atomic E-state index is 12.5. The van der Waals surface area contributed by atoms with Crippen molar-refractivity contribution in [3.63, 3.8) is 0 Å². The molecule has 0 fully saturated rings. The van der Waals surface area contributed by atoms with Crippen LogP contribution in [0, 0.1) is 5.92 Å². The number of hydrogen-bond acceptors (Lipinski definition) is 6.